The summed E-state index contributed by atoms with van der Waals surface area (Å²) in [7, 11) is 0. The first-order valence-electron chi connectivity index (χ1n) is 10.0. The fourth-order valence-electron chi connectivity index (χ4n) is 3.50. The maximum atomic E-state index is 12.9. The van der Waals surface area contributed by atoms with Crippen LogP contribution < -0.4 is 10.2 Å². The van der Waals surface area contributed by atoms with E-state index in [2.05, 4.69) is 29.0 Å². The molecule has 2 amide bonds. The summed E-state index contributed by atoms with van der Waals surface area (Å²) in [6.07, 6.45) is 4.81. The lowest BCUT2D eigenvalue weighted by Gasteiger charge is -2.27. The van der Waals surface area contributed by atoms with Crippen LogP contribution in [0.4, 0.5) is 11.5 Å². The van der Waals surface area contributed by atoms with Crippen LogP contribution in [0.15, 0.2) is 42.6 Å². The number of anilines is 2. The smallest absolute Gasteiger partial charge is 0.257 e. The molecule has 0 unspecified atom stereocenters. The number of para-hydroxylation sites is 1. The van der Waals surface area contributed by atoms with Gasteiger partial charge in [-0.3, -0.25) is 9.59 Å². The molecule has 148 valence electrons. The van der Waals surface area contributed by atoms with Gasteiger partial charge in [-0.05, 0) is 57.4 Å². The molecule has 0 atom stereocenters. The Hall–Kier alpha value is -2.89. The Morgan fingerprint density at radius 3 is 2.39 bits per heavy atom. The number of hydrogen-bond acceptors (Lipinski definition) is 4. The van der Waals surface area contributed by atoms with Crippen molar-refractivity contribution in [1.82, 2.24) is 9.88 Å². The summed E-state index contributed by atoms with van der Waals surface area (Å²) >= 11 is 0. The van der Waals surface area contributed by atoms with E-state index in [-0.39, 0.29) is 11.8 Å². The highest BCUT2D eigenvalue weighted by atomic mass is 16.2. The van der Waals surface area contributed by atoms with Gasteiger partial charge >= 0.3 is 0 Å². The number of rotatable bonds is 6. The summed E-state index contributed by atoms with van der Waals surface area (Å²) in [6, 6.07) is 10.8. The molecule has 1 aromatic heterocycles. The van der Waals surface area contributed by atoms with Crippen molar-refractivity contribution in [2.45, 2.75) is 33.1 Å². The van der Waals surface area contributed by atoms with Gasteiger partial charge in [-0.2, -0.15) is 0 Å². The number of aromatic nitrogens is 1. The molecule has 0 spiro atoms. The van der Waals surface area contributed by atoms with Crippen LogP contribution in [0.25, 0.3) is 0 Å². The molecule has 0 bridgehead atoms. The Bertz CT molecular complexity index is 810. The molecule has 1 N–H and O–H groups in total. The molecule has 2 heterocycles. The number of benzene rings is 1. The molecule has 1 fully saturated rings. The summed E-state index contributed by atoms with van der Waals surface area (Å²) in [5, 5.41) is 2.88. The van der Waals surface area contributed by atoms with Crippen LogP contribution in [0.5, 0.6) is 0 Å². The Morgan fingerprint density at radius 1 is 1.04 bits per heavy atom. The monoisotopic (exact) mass is 380 g/mol. The number of amides is 2. The molecule has 1 aliphatic heterocycles. The minimum atomic E-state index is -0.266. The standard InChI is InChI=1S/C22H28N4O2/c1-3-25(4-2)20-13-12-17(16-23-20)21(27)24-19-11-7-6-10-18(19)22(28)26-14-8-5-9-15-26/h6-7,10-13,16H,3-5,8-9,14-15H2,1-2H3,(H,24,27). The molecule has 28 heavy (non-hydrogen) atoms. The van der Waals surface area contributed by atoms with Crippen LogP contribution in [0.3, 0.4) is 0 Å². The van der Waals surface area contributed by atoms with E-state index in [4.69, 9.17) is 0 Å². The molecule has 2 aromatic rings. The van der Waals surface area contributed by atoms with E-state index in [1.54, 1.807) is 24.4 Å². The van der Waals surface area contributed by atoms with E-state index in [1.165, 1.54) is 6.42 Å². The Morgan fingerprint density at radius 2 is 1.75 bits per heavy atom. The average Bonchev–Trinajstić information content (AvgIpc) is 2.75. The third kappa shape index (κ3) is 4.50. The van der Waals surface area contributed by atoms with Gasteiger partial charge in [0.25, 0.3) is 11.8 Å². The minimum absolute atomic E-state index is 0.0226. The molecular weight excluding hydrogens is 352 g/mol. The zero-order valence-electron chi connectivity index (χ0n) is 16.6. The molecule has 1 aliphatic rings. The number of pyridine rings is 1. The molecular formula is C22H28N4O2. The van der Waals surface area contributed by atoms with Crippen molar-refractivity contribution in [2.75, 3.05) is 36.4 Å². The maximum absolute atomic E-state index is 12.9. The van der Waals surface area contributed by atoms with E-state index in [1.807, 2.05) is 23.1 Å². The SMILES string of the molecule is CCN(CC)c1ccc(C(=O)Nc2ccccc2C(=O)N2CCCCC2)cn1. The highest BCUT2D eigenvalue weighted by molar-refractivity contribution is 6.08. The molecule has 6 heteroatoms. The van der Waals surface area contributed by atoms with Crippen LogP contribution in [0.1, 0.15) is 53.8 Å². The van der Waals surface area contributed by atoms with E-state index in [0.717, 1.165) is 44.8 Å². The van der Waals surface area contributed by atoms with Crippen molar-refractivity contribution in [3.63, 3.8) is 0 Å². The van der Waals surface area contributed by atoms with E-state index < -0.39 is 0 Å². The molecule has 0 aliphatic carbocycles. The van der Waals surface area contributed by atoms with Crippen molar-refractivity contribution in [2.24, 2.45) is 0 Å². The number of likely N-dealkylation sites (tertiary alicyclic amines) is 1. The van der Waals surface area contributed by atoms with Gasteiger partial charge in [0.05, 0.1) is 16.8 Å². The lowest BCUT2D eigenvalue weighted by Crippen LogP contribution is -2.36. The quantitative estimate of drug-likeness (QED) is 0.828. The highest BCUT2D eigenvalue weighted by Gasteiger charge is 2.21. The Kier molecular flexibility index (Phi) is 6.63. The predicted molar refractivity (Wildman–Crippen MR) is 112 cm³/mol. The first-order valence-corrected chi connectivity index (χ1v) is 10.0. The summed E-state index contributed by atoms with van der Waals surface area (Å²) in [4.78, 5) is 34.0. The normalized spacial score (nSPS) is 13.9. The van der Waals surface area contributed by atoms with Gasteiger partial charge in [0.1, 0.15) is 5.82 Å². The number of piperidine rings is 1. The maximum Gasteiger partial charge on any atom is 0.257 e. The lowest BCUT2D eigenvalue weighted by atomic mass is 10.1. The van der Waals surface area contributed by atoms with Gasteiger partial charge in [-0.15, -0.1) is 0 Å². The molecule has 6 nitrogen and oxygen atoms in total. The van der Waals surface area contributed by atoms with Crippen LogP contribution in [0, 0.1) is 0 Å². The van der Waals surface area contributed by atoms with Gasteiger partial charge in [0.2, 0.25) is 0 Å². The fraction of sp³-hybridized carbons (Fsp3) is 0.409. The van der Waals surface area contributed by atoms with Crippen LogP contribution in [-0.2, 0) is 0 Å². The second kappa shape index (κ2) is 9.35. The highest BCUT2D eigenvalue weighted by Crippen LogP contribution is 2.21. The van der Waals surface area contributed by atoms with Gasteiger partial charge in [-0.25, -0.2) is 4.98 Å². The second-order valence-corrected chi connectivity index (χ2v) is 6.93. The zero-order chi connectivity index (χ0) is 19.9. The molecule has 1 saturated heterocycles. The predicted octanol–water partition coefficient (Wildman–Crippen LogP) is 3.81. The summed E-state index contributed by atoms with van der Waals surface area (Å²) < 4.78 is 0. The second-order valence-electron chi connectivity index (χ2n) is 6.93. The van der Waals surface area contributed by atoms with Gasteiger partial charge in [-0.1, -0.05) is 12.1 Å². The third-order valence-electron chi connectivity index (χ3n) is 5.15. The first-order chi connectivity index (χ1) is 13.6. The third-order valence-corrected chi connectivity index (χ3v) is 5.15. The van der Waals surface area contributed by atoms with Gasteiger partial charge in [0.15, 0.2) is 0 Å². The molecule has 0 radical (unpaired) electrons. The fourth-order valence-corrected chi connectivity index (χ4v) is 3.50. The van der Waals surface area contributed by atoms with Crippen LogP contribution in [0.2, 0.25) is 0 Å². The molecule has 1 aromatic carbocycles. The zero-order valence-corrected chi connectivity index (χ0v) is 16.6. The van der Waals surface area contributed by atoms with Crippen molar-refractivity contribution < 1.29 is 9.59 Å². The number of hydrogen-bond donors (Lipinski definition) is 1. The van der Waals surface area contributed by atoms with Crippen LogP contribution >= 0.6 is 0 Å². The first kappa shape index (κ1) is 19.9. The van der Waals surface area contributed by atoms with Gasteiger partial charge in [0, 0.05) is 32.4 Å². The van der Waals surface area contributed by atoms with Crippen LogP contribution in [-0.4, -0.2) is 47.9 Å². The largest absolute Gasteiger partial charge is 0.357 e. The van der Waals surface area contributed by atoms with Gasteiger partial charge < -0.3 is 15.1 Å². The van der Waals surface area contributed by atoms with Crippen molar-refractivity contribution in [3.8, 4) is 0 Å². The number of nitrogens with one attached hydrogen (secondary N) is 1. The molecule has 0 saturated carbocycles. The van der Waals surface area contributed by atoms with Crippen molar-refractivity contribution >= 4 is 23.3 Å². The topological polar surface area (TPSA) is 65.5 Å². The number of nitrogens with zero attached hydrogens (tertiary/aromatic N) is 3. The van der Waals surface area contributed by atoms with E-state index in [0.29, 0.717) is 16.8 Å². The molecule has 3 rings (SSSR count). The summed E-state index contributed by atoms with van der Waals surface area (Å²) in [5.74, 6) is 0.560. The lowest BCUT2D eigenvalue weighted by molar-refractivity contribution is 0.0725. The Labute approximate surface area is 166 Å². The summed E-state index contributed by atoms with van der Waals surface area (Å²) in [6.45, 7) is 7.42. The average molecular weight is 380 g/mol. The number of carbonyl (C=O) groups is 2. The summed E-state index contributed by atoms with van der Waals surface area (Å²) in [5.41, 5.74) is 1.54. The number of carbonyl (C=O) groups excluding carboxylic acids is 2. The van der Waals surface area contributed by atoms with E-state index in [9.17, 15) is 9.59 Å². The van der Waals surface area contributed by atoms with E-state index >= 15 is 0 Å². The Balaban J connectivity index is 1.74. The minimum Gasteiger partial charge on any atom is -0.357 e. The van der Waals surface area contributed by atoms with Crippen molar-refractivity contribution in [1.29, 1.82) is 0 Å². The van der Waals surface area contributed by atoms with Crippen molar-refractivity contribution in [3.05, 3.63) is 53.7 Å².